The standard InChI is InChI=1S/C14H11ClO4S/c15-12-5-1-10(2-6-12)9-20(18,19)13-7-3-11(4-8-13)14(16)17/h1-8H,9H2,(H,16,17). The zero-order valence-corrected chi connectivity index (χ0v) is 11.9. The number of hydrogen-bond acceptors (Lipinski definition) is 3. The highest BCUT2D eigenvalue weighted by Gasteiger charge is 2.16. The fourth-order valence-electron chi connectivity index (χ4n) is 1.69. The molecule has 0 heterocycles. The molecule has 4 nitrogen and oxygen atoms in total. The summed E-state index contributed by atoms with van der Waals surface area (Å²) >= 11 is 5.74. The summed E-state index contributed by atoms with van der Waals surface area (Å²) in [6.07, 6.45) is 0. The van der Waals surface area contributed by atoms with Crippen LogP contribution in [0.2, 0.25) is 5.02 Å². The Bertz CT molecular complexity index is 719. The van der Waals surface area contributed by atoms with Gasteiger partial charge in [0, 0.05) is 5.02 Å². The van der Waals surface area contributed by atoms with Crippen molar-refractivity contribution >= 4 is 27.4 Å². The Balaban J connectivity index is 2.26. The molecule has 1 N–H and O–H groups in total. The largest absolute Gasteiger partial charge is 0.478 e. The molecule has 20 heavy (non-hydrogen) atoms. The van der Waals surface area contributed by atoms with E-state index in [-0.39, 0.29) is 16.2 Å². The van der Waals surface area contributed by atoms with E-state index in [0.29, 0.717) is 10.6 Å². The lowest BCUT2D eigenvalue weighted by atomic mass is 10.2. The van der Waals surface area contributed by atoms with Crippen LogP contribution in [0.1, 0.15) is 15.9 Å². The summed E-state index contributed by atoms with van der Waals surface area (Å²) in [7, 11) is -3.50. The van der Waals surface area contributed by atoms with Crippen LogP contribution in [-0.4, -0.2) is 19.5 Å². The second kappa shape index (κ2) is 5.64. The number of benzene rings is 2. The van der Waals surface area contributed by atoms with Gasteiger partial charge in [0.05, 0.1) is 16.2 Å². The van der Waals surface area contributed by atoms with Gasteiger partial charge >= 0.3 is 5.97 Å². The summed E-state index contributed by atoms with van der Waals surface area (Å²) in [6.45, 7) is 0. The highest BCUT2D eigenvalue weighted by atomic mass is 35.5. The van der Waals surface area contributed by atoms with Crippen molar-refractivity contribution in [2.75, 3.05) is 0 Å². The third kappa shape index (κ3) is 3.37. The molecule has 2 rings (SSSR count). The number of carboxylic acid groups (broad SMARTS) is 1. The summed E-state index contributed by atoms with van der Waals surface area (Å²) in [5.74, 6) is -1.25. The Morgan fingerprint density at radius 1 is 1.00 bits per heavy atom. The predicted octanol–water partition coefficient (Wildman–Crippen LogP) is 3.01. The van der Waals surface area contributed by atoms with E-state index in [4.69, 9.17) is 16.7 Å². The van der Waals surface area contributed by atoms with Gasteiger partial charge in [0.2, 0.25) is 0 Å². The molecule has 0 aromatic heterocycles. The van der Waals surface area contributed by atoms with E-state index in [9.17, 15) is 13.2 Å². The Morgan fingerprint density at radius 2 is 1.55 bits per heavy atom. The number of rotatable bonds is 4. The minimum absolute atomic E-state index is 0.0513. The van der Waals surface area contributed by atoms with Crippen LogP contribution in [0.5, 0.6) is 0 Å². The second-order valence-electron chi connectivity index (χ2n) is 4.22. The van der Waals surface area contributed by atoms with Crippen LogP contribution in [-0.2, 0) is 15.6 Å². The molecule has 0 fully saturated rings. The molecule has 2 aromatic rings. The molecule has 6 heteroatoms. The molecule has 0 aliphatic heterocycles. The monoisotopic (exact) mass is 310 g/mol. The zero-order valence-electron chi connectivity index (χ0n) is 10.3. The summed E-state index contributed by atoms with van der Waals surface area (Å²) < 4.78 is 24.4. The van der Waals surface area contributed by atoms with Crippen LogP contribution in [0.4, 0.5) is 0 Å². The van der Waals surface area contributed by atoms with Crippen LogP contribution in [0.25, 0.3) is 0 Å². The van der Waals surface area contributed by atoms with Crippen LogP contribution in [0.3, 0.4) is 0 Å². The van der Waals surface area contributed by atoms with Crippen LogP contribution in [0, 0.1) is 0 Å². The van der Waals surface area contributed by atoms with Gasteiger partial charge in [-0.15, -0.1) is 0 Å². The van der Waals surface area contributed by atoms with Gasteiger partial charge in [-0.3, -0.25) is 0 Å². The first-order chi connectivity index (χ1) is 9.38. The van der Waals surface area contributed by atoms with Crippen molar-refractivity contribution in [3.8, 4) is 0 Å². The molecule has 0 amide bonds. The maximum Gasteiger partial charge on any atom is 0.335 e. The Kier molecular flexibility index (Phi) is 4.11. The van der Waals surface area contributed by atoms with Gasteiger partial charge in [0.1, 0.15) is 0 Å². The van der Waals surface area contributed by atoms with E-state index in [1.165, 1.54) is 24.3 Å². The lowest BCUT2D eigenvalue weighted by Gasteiger charge is -2.05. The third-order valence-corrected chi connectivity index (χ3v) is 4.69. The summed E-state index contributed by atoms with van der Waals surface area (Å²) in [5, 5.41) is 9.32. The van der Waals surface area contributed by atoms with Crippen LogP contribution < -0.4 is 0 Å². The molecule has 0 aliphatic rings. The summed E-state index contributed by atoms with van der Waals surface area (Å²) in [5.41, 5.74) is 0.673. The van der Waals surface area contributed by atoms with Crippen LogP contribution in [0.15, 0.2) is 53.4 Å². The predicted molar refractivity (Wildman–Crippen MR) is 75.7 cm³/mol. The first-order valence-electron chi connectivity index (χ1n) is 5.69. The number of hydrogen-bond donors (Lipinski definition) is 1. The van der Waals surface area contributed by atoms with Gasteiger partial charge in [0.15, 0.2) is 9.84 Å². The quantitative estimate of drug-likeness (QED) is 0.942. The number of carbonyl (C=O) groups is 1. The molecule has 0 radical (unpaired) electrons. The van der Waals surface area contributed by atoms with Crippen molar-refractivity contribution in [2.45, 2.75) is 10.6 Å². The summed E-state index contributed by atoms with van der Waals surface area (Å²) in [4.78, 5) is 10.8. The van der Waals surface area contributed by atoms with Crippen molar-refractivity contribution in [1.29, 1.82) is 0 Å². The first-order valence-corrected chi connectivity index (χ1v) is 7.72. The number of aromatic carboxylic acids is 1. The highest BCUT2D eigenvalue weighted by molar-refractivity contribution is 7.90. The van der Waals surface area contributed by atoms with Crippen molar-refractivity contribution < 1.29 is 18.3 Å². The number of carboxylic acids is 1. The Morgan fingerprint density at radius 3 is 2.05 bits per heavy atom. The van der Waals surface area contributed by atoms with E-state index in [0.717, 1.165) is 0 Å². The molecule has 0 aliphatic carbocycles. The van der Waals surface area contributed by atoms with Crippen molar-refractivity contribution in [3.05, 3.63) is 64.7 Å². The van der Waals surface area contributed by atoms with Gasteiger partial charge < -0.3 is 5.11 Å². The van der Waals surface area contributed by atoms with Crippen molar-refractivity contribution in [3.63, 3.8) is 0 Å². The smallest absolute Gasteiger partial charge is 0.335 e. The highest BCUT2D eigenvalue weighted by Crippen LogP contribution is 2.18. The minimum atomic E-state index is -3.50. The number of halogens is 1. The van der Waals surface area contributed by atoms with Crippen LogP contribution >= 0.6 is 11.6 Å². The van der Waals surface area contributed by atoms with Crippen molar-refractivity contribution in [2.24, 2.45) is 0 Å². The minimum Gasteiger partial charge on any atom is -0.478 e. The van der Waals surface area contributed by atoms with Gasteiger partial charge in [-0.25, -0.2) is 13.2 Å². The molecule has 0 saturated carbocycles. The van der Waals surface area contributed by atoms with E-state index < -0.39 is 15.8 Å². The Hall–Kier alpha value is -1.85. The van der Waals surface area contributed by atoms with E-state index >= 15 is 0 Å². The topological polar surface area (TPSA) is 71.4 Å². The van der Waals surface area contributed by atoms with Gasteiger partial charge in [0.25, 0.3) is 0 Å². The third-order valence-electron chi connectivity index (χ3n) is 2.73. The molecule has 0 atom stereocenters. The van der Waals surface area contributed by atoms with E-state index in [1.807, 2.05) is 0 Å². The second-order valence-corrected chi connectivity index (χ2v) is 6.64. The molecule has 104 valence electrons. The maximum absolute atomic E-state index is 12.2. The fraction of sp³-hybridized carbons (Fsp3) is 0.0714. The van der Waals surface area contributed by atoms with Gasteiger partial charge in [-0.05, 0) is 42.0 Å². The molecule has 0 saturated heterocycles. The molecule has 2 aromatic carbocycles. The normalized spacial score (nSPS) is 11.2. The number of sulfone groups is 1. The van der Waals surface area contributed by atoms with E-state index in [1.54, 1.807) is 24.3 Å². The fourth-order valence-corrected chi connectivity index (χ4v) is 3.16. The first kappa shape index (κ1) is 14.6. The van der Waals surface area contributed by atoms with Gasteiger partial charge in [-0.2, -0.15) is 0 Å². The molecule has 0 spiro atoms. The SMILES string of the molecule is O=C(O)c1ccc(S(=O)(=O)Cc2ccc(Cl)cc2)cc1. The maximum atomic E-state index is 12.2. The molecule has 0 unspecified atom stereocenters. The van der Waals surface area contributed by atoms with E-state index in [2.05, 4.69) is 0 Å². The Labute approximate surface area is 121 Å². The van der Waals surface area contributed by atoms with Crippen molar-refractivity contribution in [1.82, 2.24) is 0 Å². The molecular formula is C14H11ClO4S. The summed E-state index contributed by atoms with van der Waals surface area (Å²) in [6, 6.07) is 11.7. The molecule has 0 bridgehead atoms. The van der Waals surface area contributed by atoms with Gasteiger partial charge in [-0.1, -0.05) is 23.7 Å². The lowest BCUT2D eigenvalue weighted by molar-refractivity contribution is 0.0697. The lowest BCUT2D eigenvalue weighted by Crippen LogP contribution is -2.05. The molecular weight excluding hydrogens is 300 g/mol. The average Bonchev–Trinajstić information content (AvgIpc) is 2.41. The average molecular weight is 311 g/mol. The zero-order chi connectivity index (χ0) is 14.8.